The second kappa shape index (κ2) is 1.67. The van der Waals surface area contributed by atoms with E-state index in [2.05, 4.69) is 34.6 Å². The molecule has 4 unspecified atom stereocenters. The lowest BCUT2D eigenvalue weighted by Gasteiger charge is -2.15. The van der Waals surface area contributed by atoms with Crippen LogP contribution in [0.3, 0.4) is 0 Å². The molecule has 0 radical (unpaired) electrons. The van der Waals surface area contributed by atoms with Gasteiger partial charge in [0.2, 0.25) is 0 Å². The van der Waals surface area contributed by atoms with E-state index in [4.69, 9.17) is 0 Å². The van der Waals surface area contributed by atoms with Gasteiger partial charge in [-0.25, -0.2) is 0 Å². The second-order valence-corrected chi connectivity index (χ2v) is 5.32. The van der Waals surface area contributed by atoms with Crippen LogP contribution in [0.1, 0.15) is 41.0 Å². The van der Waals surface area contributed by atoms with Crippen molar-refractivity contribution in [2.24, 2.45) is 28.6 Å². The van der Waals surface area contributed by atoms with Gasteiger partial charge in [0.05, 0.1) is 0 Å². The van der Waals surface area contributed by atoms with E-state index in [1.165, 1.54) is 6.42 Å². The quantitative estimate of drug-likeness (QED) is 0.499. The van der Waals surface area contributed by atoms with Gasteiger partial charge < -0.3 is 0 Å². The van der Waals surface area contributed by atoms with Gasteiger partial charge in [-0.3, -0.25) is 0 Å². The molecule has 0 amide bonds. The molecule has 0 spiro atoms. The molecule has 4 atom stereocenters. The molecule has 11 heavy (non-hydrogen) atoms. The van der Waals surface area contributed by atoms with Gasteiger partial charge >= 0.3 is 0 Å². The maximum Gasteiger partial charge on any atom is -0.0210 e. The predicted molar refractivity (Wildman–Crippen MR) is 48.3 cm³/mol. The SMILES string of the molecule is CC1CC(C)C2(C)C(C)C12C. The first-order chi connectivity index (χ1) is 4.95. The van der Waals surface area contributed by atoms with Crippen molar-refractivity contribution in [3.8, 4) is 0 Å². The molecule has 0 aromatic carbocycles. The van der Waals surface area contributed by atoms with Crippen LogP contribution in [0.4, 0.5) is 0 Å². The largest absolute Gasteiger partial charge is 0.0619 e. The lowest BCUT2D eigenvalue weighted by Crippen LogP contribution is -2.07. The van der Waals surface area contributed by atoms with E-state index in [1.54, 1.807) is 0 Å². The van der Waals surface area contributed by atoms with Gasteiger partial charge in [0.25, 0.3) is 0 Å². The first-order valence-electron chi connectivity index (χ1n) is 4.95. The molecule has 64 valence electrons. The Morgan fingerprint density at radius 1 is 0.909 bits per heavy atom. The minimum Gasteiger partial charge on any atom is -0.0619 e. The Bertz CT molecular complexity index is 164. The number of hydrogen-bond donors (Lipinski definition) is 0. The molecule has 2 saturated carbocycles. The van der Waals surface area contributed by atoms with Crippen LogP contribution in [-0.2, 0) is 0 Å². The summed E-state index contributed by atoms with van der Waals surface area (Å²) in [5.41, 5.74) is 1.37. The fourth-order valence-electron chi connectivity index (χ4n) is 4.06. The third kappa shape index (κ3) is 0.522. The van der Waals surface area contributed by atoms with E-state index >= 15 is 0 Å². The van der Waals surface area contributed by atoms with E-state index in [1.807, 2.05) is 0 Å². The Morgan fingerprint density at radius 2 is 1.27 bits per heavy atom. The lowest BCUT2D eigenvalue weighted by molar-refractivity contribution is 0.339. The smallest absolute Gasteiger partial charge is 0.0210 e. The van der Waals surface area contributed by atoms with Crippen molar-refractivity contribution in [1.82, 2.24) is 0 Å². The number of fused-ring (bicyclic) bond motifs is 1. The molecular formula is C11H20. The summed E-state index contributed by atoms with van der Waals surface area (Å²) in [5, 5.41) is 0. The highest BCUT2D eigenvalue weighted by Gasteiger charge is 2.75. The average molecular weight is 152 g/mol. The fourth-order valence-corrected chi connectivity index (χ4v) is 4.06. The molecule has 2 aliphatic carbocycles. The van der Waals surface area contributed by atoms with Gasteiger partial charge in [0, 0.05) is 0 Å². The van der Waals surface area contributed by atoms with Crippen molar-refractivity contribution in [3.05, 3.63) is 0 Å². The van der Waals surface area contributed by atoms with E-state index in [9.17, 15) is 0 Å². The predicted octanol–water partition coefficient (Wildman–Crippen LogP) is 3.32. The Balaban J connectivity index is 2.35. The van der Waals surface area contributed by atoms with E-state index in [-0.39, 0.29) is 0 Å². The Kier molecular flexibility index (Phi) is 1.16. The van der Waals surface area contributed by atoms with Crippen LogP contribution in [0.5, 0.6) is 0 Å². The summed E-state index contributed by atoms with van der Waals surface area (Å²) in [5.74, 6) is 2.88. The molecule has 0 aromatic rings. The molecule has 0 bridgehead atoms. The molecule has 0 heteroatoms. The average Bonchev–Trinajstić information content (AvgIpc) is 2.30. The number of rotatable bonds is 0. The molecule has 0 aromatic heterocycles. The summed E-state index contributed by atoms with van der Waals surface area (Å²) in [4.78, 5) is 0. The summed E-state index contributed by atoms with van der Waals surface area (Å²) in [6.45, 7) is 12.3. The maximum absolute atomic E-state index is 2.49. The maximum atomic E-state index is 2.49. The topological polar surface area (TPSA) is 0 Å². The van der Waals surface area contributed by atoms with Crippen molar-refractivity contribution < 1.29 is 0 Å². The zero-order chi connectivity index (χ0) is 8.44. The third-order valence-electron chi connectivity index (χ3n) is 5.63. The Hall–Kier alpha value is 0. The van der Waals surface area contributed by atoms with Gasteiger partial charge in [-0.05, 0) is 35.0 Å². The number of hydrogen-bond acceptors (Lipinski definition) is 0. The van der Waals surface area contributed by atoms with Crippen molar-refractivity contribution in [1.29, 1.82) is 0 Å². The van der Waals surface area contributed by atoms with Gasteiger partial charge in [-0.15, -0.1) is 0 Å². The van der Waals surface area contributed by atoms with E-state index < -0.39 is 0 Å². The first-order valence-corrected chi connectivity index (χ1v) is 4.95. The summed E-state index contributed by atoms with van der Waals surface area (Å²) >= 11 is 0. The molecular weight excluding hydrogens is 132 g/mol. The van der Waals surface area contributed by atoms with Crippen molar-refractivity contribution in [2.45, 2.75) is 41.0 Å². The Morgan fingerprint density at radius 3 is 1.45 bits per heavy atom. The summed E-state index contributed by atoms with van der Waals surface area (Å²) in [6, 6.07) is 0. The van der Waals surface area contributed by atoms with Gasteiger partial charge in [-0.2, -0.15) is 0 Å². The molecule has 0 saturated heterocycles. The molecule has 2 fully saturated rings. The third-order valence-corrected chi connectivity index (χ3v) is 5.63. The minimum atomic E-state index is 0.687. The van der Waals surface area contributed by atoms with E-state index in [0.29, 0.717) is 10.8 Å². The van der Waals surface area contributed by atoms with Crippen LogP contribution in [0.25, 0.3) is 0 Å². The van der Waals surface area contributed by atoms with Crippen molar-refractivity contribution >= 4 is 0 Å². The van der Waals surface area contributed by atoms with Crippen LogP contribution in [0.2, 0.25) is 0 Å². The first kappa shape index (κ1) is 7.64. The van der Waals surface area contributed by atoms with Crippen molar-refractivity contribution in [3.63, 3.8) is 0 Å². The zero-order valence-corrected chi connectivity index (χ0v) is 8.44. The van der Waals surface area contributed by atoms with Crippen LogP contribution in [-0.4, -0.2) is 0 Å². The summed E-state index contributed by atoms with van der Waals surface area (Å²) in [6.07, 6.45) is 1.46. The monoisotopic (exact) mass is 152 g/mol. The molecule has 0 nitrogen and oxygen atoms in total. The lowest BCUT2D eigenvalue weighted by atomic mass is 9.90. The van der Waals surface area contributed by atoms with Gasteiger partial charge in [0.15, 0.2) is 0 Å². The van der Waals surface area contributed by atoms with Crippen LogP contribution in [0, 0.1) is 28.6 Å². The fraction of sp³-hybridized carbons (Fsp3) is 1.00. The molecule has 0 heterocycles. The molecule has 0 aliphatic heterocycles. The van der Waals surface area contributed by atoms with E-state index in [0.717, 1.165) is 17.8 Å². The van der Waals surface area contributed by atoms with Crippen LogP contribution >= 0.6 is 0 Å². The highest BCUT2D eigenvalue weighted by molar-refractivity contribution is 5.23. The summed E-state index contributed by atoms with van der Waals surface area (Å²) in [7, 11) is 0. The van der Waals surface area contributed by atoms with Gasteiger partial charge in [0.1, 0.15) is 0 Å². The second-order valence-electron chi connectivity index (χ2n) is 5.32. The van der Waals surface area contributed by atoms with Crippen LogP contribution in [0.15, 0.2) is 0 Å². The molecule has 2 rings (SSSR count). The normalized spacial score (nSPS) is 67.9. The zero-order valence-electron chi connectivity index (χ0n) is 8.44. The highest BCUT2D eigenvalue weighted by atomic mass is 14.8. The Labute approximate surface area is 70.4 Å². The van der Waals surface area contributed by atoms with Crippen LogP contribution < -0.4 is 0 Å². The molecule has 0 N–H and O–H groups in total. The van der Waals surface area contributed by atoms with Gasteiger partial charge in [-0.1, -0.05) is 34.6 Å². The minimum absolute atomic E-state index is 0.687. The van der Waals surface area contributed by atoms with Crippen molar-refractivity contribution in [2.75, 3.05) is 0 Å². The standard InChI is InChI=1S/C11H20/c1-7-6-8(2)11(5)9(3)10(7,11)4/h7-9H,6H2,1-5H3. The summed E-state index contributed by atoms with van der Waals surface area (Å²) < 4.78 is 0. The highest BCUT2D eigenvalue weighted by Crippen LogP contribution is 2.81. The molecule has 2 aliphatic rings.